The lowest BCUT2D eigenvalue weighted by atomic mass is 9.65. The molecular weight excluding hydrogens is 753 g/mol. The Balaban J connectivity index is 0.927. The van der Waals surface area contributed by atoms with Crippen LogP contribution < -0.4 is 0 Å². The molecule has 0 radical (unpaired) electrons. The molecule has 0 bridgehead atoms. The molecular formula is C58H36N4. The molecule has 9 aromatic carbocycles. The lowest BCUT2D eigenvalue weighted by Gasteiger charge is -2.39. The standard InChI is InChI=1S/C58H36N4/c1-3-15-39(16-4-1)54-55(40-17-5-2-6-18-40)60-61-57(59-54)43-20-13-19-41(35-43)37-29-31-38(32-30-37)42-33-34-50-53(36-42)62-52-28-12-9-23-46(52)47-24-14-27-51(56(47)62)58(50)48-25-10-7-21-44(48)45-22-8-11-26-49(45)58/h1-36H. The summed E-state index contributed by atoms with van der Waals surface area (Å²) in [5.74, 6) is 0.592. The van der Waals surface area contributed by atoms with Crippen LogP contribution in [0.25, 0.3) is 94.8 Å². The van der Waals surface area contributed by atoms with Gasteiger partial charge in [-0.3, -0.25) is 0 Å². The van der Waals surface area contributed by atoms with Gasteiger partial charge in [0, 0.05) is 27.5 Å². The van der Waals surface area contributed by atoms with Crippen molar-refractivity contribution in [2.75, 3.05) is 0 Å². The van der Waals surface area contributed by atoms with E-state index in [0.29, 0.717) is 5.82 Å². The molecule has 0 unspecified atom stereocenters. The van der Waals surface area contributed by atoms with Crippen molar-refractivity contribution < 1.29 is 0 Å². The summed E-state index contributed by atoms with van der Waals surface area (Å²) in [6, 6.07) is 78.8. The van der Waals surface area contributed by atoms with Crippen molar-refractivity contribution in [1.29, 1.82) is 0 Å². The Bertz CT molecular complexity index is 3520. The largest absolute Gasteiger partial charge is 0.309 e. The predicted octanol–water partition coefficient (Wildman–Crippen LogP) is 14.0. The molecule has 3 heterocycles. The van der Waals surface area contributed by atoms with E-state index in [0.717, 1.165) is 44.8 Å². The Morgan fingerprint density at radius 2 is 0.871 bits per heavy atom. The lowest BCUT2D eigenvalue weighted by molar-refractivity contribution is 0.748. The summed E-state index contributed by atoms with van der Waals surface area (Å²) in [6.45, 7) is 0. The summed E-state index contributed by atoms with van der Waals surface area (Å²) in [7, 11) is 0. The highest BCUT2D eigenvalue weighted by molar-refractivity contribution is 6.13. The van der Waals surface area contributed by atoms with E-state index in [4.69, 9.17) is 10.1 Å². The third-order valence-corrected chi connectivity index (χ3v) is 13.1. The number of hydrogen-bond donors (Lipinski definition) is 0. The number of hydrogen-bond acceptors (Lipinski definition) is 3. The molecule has 0 saturated heterocycles. The highest BCUT2D eigenvalue weighted by Crippen LogP contribution is 2.61. The summed E-state index contributed by atoms with van der Waals surface area (Å²) >= 11 is 0. The van der Waals surface area contributed by atoms with Crippen LogP contribution in [0.2, 0.25) is 0 Å². The highest BCUT2D eigenvalue weighted by atomic mass is 15.2. The number of para-hydroxylation sites is 2. The number of benzene rings is 9. The van der Waals surface area contributed by atoms with Crippen molar-refractivity contribution in [1.82, 2.24) is 19.7 Å². The first-order valence-corrected chi connectivity index (χ1v) is 21.2. The molecule has 13 rings (SSSR count). The Labute approximate surface area is 359 Å². The summed E-state index contributed by atoms with van der Waals surface area (Å²) in [5, 5.41) is 12.0. The molecule has 0 atom stereocenters. The zero-order valence-corrected chi connectivity index (χ0v) is 33.6. The van der Waals surface area contributed by atoms with Crippen LogP contribution in [0.1, 0.15) is 22.3 Å². The fourth-order valence-corrected chi connectivity index (χ4v) is 10.5. The Hall–Kier alpha value is -8.21. The van der Waals surface area contributed by atoms with Crippen molar-refractivity contribution in [3.8, 4) is 73.0 Å². The van der Waals surface area contributed by atoms with Crippen molar-refractivity contribution in [3.05, 3.63) is 241 Å². The van der Waals surface area contributed by atoms with Gasteiger partial charge in [0.25, 0.3) is 0 Å². The highest BCUT2D eigenvalue weighted by Gasteiger charge is 2.50. The van der Waals surface area contributed by atoms with Crippen molar-refractivity contribution in [2.24, 2.45) is 0 Å². The average Bonchev–Trinajstić information content (AvgIpc) is 3.85. The minimum absolute atomic E-state index is 0.456. The monoisotopic (exact) mass is 788 g/mol. The summed E-state index contributed by atoms with van der Waals surface area (Å²) in [6.07, 6.45) is 0. The Morgan fingerprint density at radius 3 is 1.60 bits per heavy atom. The van der Waals surface area contributed by atoms with Gasteiger partial charge in [-0.25, -0.2) is 4.98 Å². The zero-order valence-electron chi connectivity index (χ0n) is 33.6. The van der Waals surface area contributed by atoms with Crippen LogP contribution in [0, 0.1) is 0 Å². The molecule has 4 nitrogen and oxygen atoms in total. The molecule has 0 saturated carbocycles. The minimum Gasteiger partial charge on any atom is -0.309 e. The quantitative estimate of drug-likeness (QED) is 0.174. The Kier molecular flexibility index (Phi) is 7.49. The summed E-state index contributed by atoms with van der Waals surface area (Å²) in [4.78, 5) is 5.13. The fourth-order valence-electron chi connectivity index (χ4n) is 10.5. The second-order valence-electron chi connectivity index (χ2n) is 16.4. The van der Waals surface area contributed by atoms with Gasteiger partial charge in [0.2, 0.25) is 0 Å². The maximum Gasteiger partial charge on any atom is 0.182 e. The second kappa shape index (κ2) is 13.4. The number of nitrogens with zero attached hydrogens (tertiary/aromatic N) is 4. The van der Waals surface area contributed by atoms with Crippen LogP contribution in [0.4, 0.5) is 0 Å². The van der Waals surface area contributed by atoms with Gasteiger partial charge < -0.3 is 4.57 Å². The number of rotatable bonds is 5. The van der Waals surface area contributed by atoms with Gasteiger partial charge in [0.1, 0.15) is 11.4 Å². The van der Waals surface area contributed by atoms with Gasteiger partial charge in [0.05, 0.1) is 22.1 Å². The molecule has 1 aliphatic carbocycles. The predicted molar refractivity (Wildman–Crippen MR) is 252 cm³/mol. The molecule has 288 valence electrons. The molecule has 1 spiro atoms. The van der Waals surface area contributed by atoms with Crippen molar-refractivity contribution in [2.45, 2.75) is 5.41 Å². The van der Waals surface area contributed by atoms with Crippen LogP contribution >= 0.6 is 0 Å². The van der Waals surface area contributed by atoms with Gasteiger partial charge in [-0.1, -0.05) is 200 Å². The molecule has 0 amide bonds. The maximum atomic E-state index is 5.13. The van der Waals surface area contributed by atoms with E-state index in [2.05, 4.69) is 192 Å². The van der Waals surface area contributed by atoms with E-state index in [1.54, 1.807) is 0 Å². The van der Waals surface area contributed by atoms with E-state index < -0.39 is 5.41 Å². The molecule has 2 aliphatic rings. The third-order valence-electron chi connectivity index (χ3n) is 13.1. The van der Waals surface area contributed by atoms with Gasteiger partial charge in [0.15, 0.2) is 5.82 Å². The molecule has 11 aromatic rings. The van der Waals surface area contributed by atoms with Gasteiger partial charge in [-0.15, -0.1) is 10.2 Å². The van der Waals surface area contributed by atoms with Crippen LogP contribution in [0.3, 0.4) is 0 Å². The van der Waals surface area contributed by atoms with Gasteiger partial charge in [-0.05, 0) is 73.8 Å². The smallest absolute Gasteiger partial charge is 0.182 e. The molecule has 1 aliphatic heterocycles. The molecule has 4 heteroatoms. The van der Waals surface area contributed by atoms with Crippen molar-refractivity contribution in [3.63, 3.8) is 0 Å². The number of aromatic nitrogens is 4. The second-order valence-corrected chi connectivity index (χ2v) is 16.4. The first-order valence-electron chi connectivity index (χ1n) is 21.2. The minimum atomic E-state index is -0.456. The Morgan fingerprint density at radius 1 is 0.339 bits per heavy atom. The molecule has 62 heavy (non-hydrogen) atoms. The van der Waals surface area contributed by atoms with Crippen LogP contribution in [-0.4, -0.2) is 19.7 Å². The number of fused-ring (bicyclic) bond motifs is 12. The van der Waals surface area contributed by atoms with Crippen LogP contribution in [-0.2, 0) is 5.41 Å². The SMILES string of the molecule is c1ccc(-c2nnc(-c3cccc(-c4ccc(-c5ccc6c(c5)-n5c7ccccc7c7cccc(c75)C65c6ccccc6-c6ccccc65)cc4)c3)nc2-c2ccccc2)cc1. The fraction of sp³-hybridized carbons (Fsp3) is 0.0172. The normalized spacial score (nSPS) is 13.0. The van der Waals surface area contributed by atoms with Crippen LogP contribution in [0.5, 0.6) is 0 Å². The first kappa shape index (κ1) is 34.6. The van der Waals surface area contributed by atoms with Crippen molar-refractivity contribution >= 4 is 21.8 Å². The molecule has 0 fully saturated rings. The zero-order chi connectivity index (χ0) is 40.8. The van der Waals surface area contributed by atoms with E-state index >= 15 is 0 Å². The molecule has 2 aromatic heterocycles. The molecule has 0 N–H and O–H groups in total. The van der Waals surface area contributed by atoms with Gasteiger partial charge in [-0.2, -0.15) is 0 Å². The van der Waals surface area contributed by atoms with E-state index in [-0.39, 0.29) is 0 Å². The van der Waals surface area contributed by atoms with E-state index in [1.807, 2.05) is 36.4 Å². The van der Waals surface area contributed by atoms with E-state index in [9.17, 15) is 0 Å². The summed E-state index contributed by atoms with van der Waals surface area (Å²) < 4.78 is 2.53. The van der Waals surface area contributed by atoms with E-state index in [1.165, 1.54) is 66.4 Å². The topological polar surface area (TPSA) is 43.6 Å². The van der Waals surface area contributed by atoms with Crippen LogP contribution in [0.15, 0.2) is 218 Å². The maximum absolute atomic E-state index is 5.13. The van der Waals surface area contributed by atoms with Gasteiger partial charge >= 0.3 is 0 Å². The summed E-state index contributed by atoms with van der Waals surface area (Å²) in [5.41, 5.74) is 20.2. The average molecular weight is 789 g/mol. The first-order chi connectivity index (χ1) is 30.8. The lowest BCUT2D eigenvalue weighted by Crippen LogP contribution is -2.33. The third kappa shape index (κ3) is 4.92.